The number of pyridine rings is 1. The first-order valence-electron chi connectivity index (χ1n) is 7.88. The van der Waals surface area contributed by atoms with Gasteiger partial charge in [0.15, 0.2) is 0 Å². The number of rotatable bonds is 1. The van der Waals surface area contributed by atoms with Crippen LogP contribution in [0.3, 0.4) is 0 Å². The van der Waals surface area contributed by atoms with Crippen molar-refractivity contribution in [1.29, 1.82) is 5.26 Å². The normalized spacial score (nSPS) is 18.5. The van der Waals surface area contributed by atoms with Crippen LogP contribution in [-0.2, 0) is 0 Å². The Kier molecular flexibility index (Phi) is 3.36. The molecule has 2 aliphatic heterocycles. The zero-order valence-corrected chi connectivity index (χ0v) is 12.7. The molecule has 4 nitrogen and oxygen atoms in total. The van der Waals surface area contributed by atoms with Crippen LogP contribution in [0.1, 0.15) is 29.7 Å². The third-order valence-corrected chi connectivity index (χ3v) is 4.54. The summed E-state index contributed by atoms with van der Waals surface area (Å²) >= 11 is 0. The van der Waals surface area contributed by atoms with Gasteiger partial charge in [0.05, 0.1) is 0 Å². The summed E-state index contributed by atoms with van der Waals surface area (Å²) < 4.78 is 6.37. The van der Waals surface area contributed by atoms with Gasteiger partial charge in [-0.2, -0.15) is 5.26 Å². The van der Waals surface area contributed by atoms with E-state index in [9.17, 15) is 0 Å². The maximum Gasteiger partial charge on any atom is 0.140 e. The highest BCUT2D eigenvalue weighted by Crippen LogP contribution is 2.42. The van der Waals surface area contributed by atoms with Gasteiger partial charge >= 0.3 is 0 Å². The Balaban J connectivity index is 1.84. The molecule has 4 heteroatoms. The SMILES string of the molecule is N#Cc1ccc(C2=CC3(CCNCC3)Oc3ccccc32)cn1. The molecule has 2 aliphatic rings. The third-order valence-electron chi connectivity index (χ3n) is 4.54. The summed E-state index contributed by atoms with van der Waals surface area (Å²) in [5.74, 6) is 0.927. The Morgan fingerprint density at radius 2 is 1.96 bits per heavy atom. The Bertz CT molecular complexity index is 796. The fourth-order valence-electron chi connectivity index (χ4n) is 3.32. The maximum absolute atomic E-state index is 8.94. The summed E-state index contributed by atoms with van der Waals surface area (Å²) in [5, 5.41) is 12.3. The molecule has 1 saturated heterocycles. The van der Waals surface area contributed by atoms with E-state index >= 15 is 0 Å². The average molecular weight is 303 g/mol. The van der Waals surface area contributed by atoms with E-state index < -0.39 is 0 Å². The lowest BCUT2D eigenvalue weighted by atomic mass is 9.83. The van der Waals surface area contributed by atoms with Gasteiger partial charge in [0.2, 0.25) is 0 Å². The summed E-state index contributed by atoms with van der Waals surface area (Å²) in [6, 6.07) is 13.9. The Labute approximate surface area is 135 Å². The fourth-order valence-corrected chi connectivity index (χ4v) is 3.32. The van der Waals surface area contributed by atoms with E-state index in [1.54, 1.807) is 12.3 Å². The first kappa shape index (κ1) is 14.0. The number of fused-ring (bicyclic) bond motifs is 1. The zero-order valence-electron chi connectivity index (χ0n) is 12.7. The zero-order chi connectivity index (χ0) is 15.7. The van der Waals surface area contributed by atoms with Crippen LogP contribution < -0.4 is 10.1 Å². The van der Waals surface area contributed by atoms with Gasteiger partial charge in [-0.25, -0.2) is 4.98 Å². The van der Waals surface area contributed by atoms with Gasteiger partial charge in [-0.15, -0.1) is 0 Å². The lowest BCUT2D eigenvalue weighted by molar-refractivity contribution is 0.0817. The van der Waals surface area contributed by atoms with Crippen LogP contribution >= 0.6 is 0 Å². The van der Waals surface area contributed by atoms with E-state index in [1.165, 1.54) is 0 Å². The largest absolute Gasteiger partial charge is 0.482 e. The molecule has 23 heavy (non-hydrogen) atoms. The molecule has 0 unspecified atom stereocenters. The molecule has 4 rings (SSSR count). The Morgan fingerprint density at radius 3 is 2.70 bits per heavy atom. The van der Waals surface area contributed by atoms with Gasteiger partial charge in [0.25, 0.3) is 0 Å². The highest BCUT2D eigenvalue weighted by atomic mass is 16.5. The number of para-hydroxylation sites is 1. The van der Waals surface area contributed by atoms with E-state index in [-0.39, 0.29) is 5.60 Å². The molecule has 3 heterocycles. The van der Waals surface area contributed by atoms with E-state index in [4.69, 9.17) is 10.00 Å². The number of nitrogens with one attached hydrogen (secondary N) is 1. The van der Waals surface area contributed by atoms with Crippen LogP contribution in [0, 0.1) is 11.3 Å². The quantitative estimate of drug-likeness (QED) is 0.880. The summed E-state index contributed by atoms with van der Waals surface area (Å²) in [5.41, 5.74) is 3.45. The Hall–Kier alpha value is -2.64. The van der Waals surface area contributed by atoms with Crippen molar-refractivity contribution in [2.24, 2.45) is 0 Å². The van der Waals surface area contributed by atoms with Gasteiger partial charge in [0.1, 0.15) is 23.1 Å². The van der Waals surface area contributed by atoms with E-state index in [0.717, 1.165) is 48.4 Å². The molecule has 0 bridgehead atoms. The monoisotopic (exact) mass is 303 g/mol. The van der Waals surface area contributed by atoms with Gasteiger partial charge in [-0.05, 0) is 42.9 Å². The van der Waals surface area contributed by atoms with Gasteiger partial charge < -0.3 is 10.1 Å². The highest BCUT2D eigenvalue weighted by molar-refractivity contribution is 5.84. The second-order valence-corrected chi connectivity index (χ2v) is 6.01. The van der Waals surface area contributed by atoms with Gasteiger partial charge in [-0.1, -0.05) is 18.2 Å². The molecule has 0 amide bonds. The summed E-state index contributed by atoms with van der Waals surface area (Å²) in [7, 11) is 0. The molecule has 2 aromatic rings. The number of piperidine rings is 1. The number of nitriles is 1. The Morgan fingerprint density at radius 1 is 1.13 bits per heavy atom. The lowest BCUT2D eigenvalue weighted by Crippen LogP contribution is -2.46. The molecule has 0 saturated carbocycles. The van der Waals surface area contributed by atoms with Crippen molar-refractivity contribution < 1.29 is 4.74 Å². The van der Waals surface area contributed by atoms with Crippen molar-refractivity contribution in [3.05, 3.63) is 65.5 Å². The minimum atomic E-state index is -0.247. The van der Waals surface area contributed by atoms with Crippen molar-refractivity contribution in [2.45, 2.75) is 18.4 Å². The fraction of sp³-hybridized carbons (Fsp3) is 0.263. The van der Waals surface area contributed by atoms with Crippen LogP contribution in [-0.4, -0.2) is 23.7 Å². The lowest BCUT2D eigenvalue weighted by Gasteiger charge is -2.40. The number of nitrogens with zero attached hydrogens (tertiary/aromatic N) is 2. The molecule has 0 radical (unpaired) electrons. The standard InChI is InChI=1S/C19H17N3O/c20-12-15-6-5-14(13-22-15)17-11-19(7-9-21-10-8-19)23-18-4-2-1-3-16(17)18/h1-6,11,13,21H,7-10H2. The molecule has 1 N–H and O–H groups in total. The smallest absolute Gasteiger partial charge is 0.140 e. The predicted molar refractivity (Wildman–Crippen MR) is 87.9 cm³/mol. The van der Waals surface area contributed by atoms with Gasteiger partial charge in [-0.3, -0.25) is 0 Å². The second-order valence-electron chi connectivity index (χ2n) is 6.01. The van der Waals surface area contributed by atoms with Crippen LogP contribution in [0.25, 0.3) is 5.57 Å². The van der Waals surface area contributed by atoms with Gasteiger partial charge in [0, 0.05) is 30.2 Å². The van der Waals surface area contributed by atoms with Crippen LogP contribution in [0.4, 0.5) is 0 Å². The molecule has 1 fully saturated rings. The van der Waals surface area contributed by atoms with Crippen molar-refractivity contribution >= 4 is 5.57 Å². The molecule has 0 atom stereocenters. The summed E-state index contributed by atoms with van der Waals surface area (Å²) in [4.78, 5) is 4.22. The molecular formula is C19H17N3O. The second kappa shape index (κ2) is 5.53. The minimum absolute atomic E-state index is 0.247. The first-order chi connectivity index (χ1) is 11.3. The first-order valence-corrected chi connectivity index (χ1v) is 7.88. The van der Waals surface area contributed by atoms with E-state index in [2.05, 4.69) is 28.5 Å². The van der Waals surface area contributed by atoms with Crippen LogP contribution in [0.5, 0.6) is 5.75 Å². The van der Waals surface area contributed by atoms with Crippen LogP contribution in [0.2, 0.25) is 0 Å². The summed E-state index contributed by atoms with van der Waals surface area (Å²) in [6.45, 7) is 1.91. The number of hydrogen-bond donors (Lipinski definition) is 1. The molecule has 1 aromatic carbocycles. The third kappa shape index (κ3) is 2.49. The highest BCUT2D eigenvalue weighted by Gasteiger charge is 2.36. The number of benzene rings is 1. The maximum atomic E-state index is 8.94. The van der Waals surface area contributed by atoms with Crippen molar-refractivity contribution in [1.82, 2.24) is 10.3 Å². The van der Waals surface area contributed by atoms with Crippen molar-refractivity contribution in [3.63, 3.8) is 0 Å². The van der Waals surface area contributed by atoms with E-state index in [1.807, 2.05) is 24.3 Å². The molecule has 1 aromatic heterocycles. The molecule has 114 valence electrons. The number of aromatic nitrogens is 1. The average Bonchev–Trinajstić information content (AvgIpc) is 2.62. The molecule has 1 spiro atoms. The summed E-state index contributed by atoms with van der Waals surface area (Å²) in [6.07, 6.45) is 5.93. The topological polar surface area (TPSA) is 57.9 Å². The predicted octanol–water partition coefficient (Wildman–Crippen LogP) is 2.90. The number of ether oxygens (including phenoxy) is 1. The van der Waals surface area contributed by atoms with Crippen molar-refractivity contribution in [2.75, 3.05) is 13.1 Å². The van der Waals surface area contributed by atoms with Crippen molar-refractivity contribution in [3.8, 4) is 11.8 Å². The molecular weight excluding hydrogens is 286 g/mol. The van der Waals surface area contributed by atoms with E-state index in [0.29, 0.717) is 5.69 Å². The minimum Gasteiger partial charge on any atom is -0.482 e. The number of hydrogen-bond acceptors (Lipinski definition) is 4. The molecule has 0 aliphatic carbocycles. The van der Waals surface area contributed by atoms with Crippen LogP contribution in [0.15, 0.2) is 48.7 Å².